The van der Waals surface area contributed by atoms with Gasteiger partial charge in [0.15, 0.2) is 0 Å². The first-order chi connectivity index (χ1) is 17.9. The average molecular weight is 506 g/mol. The molecule has 12 heteroatoms. The van der Waals surface area contributed by atoms with E-state index in [1.165, 1.54) is 30.1 Å². The number of alkyl carbamates (subject to hydrolysis) is 1. The van der Waals surface area contributed by atoms with Crippen molar-refractivity contribution in [2.45, 2.75) is 19.6 Å². The number of imidazole rings is 1. The van der Waals surface area contributed by atoms with Gasteiger partial charge in [-0.3, -0.25) is 19.6 Å². The number of hydrogen-bond acceptors (Lipinski definition) is 7. The third-order valence-corrected chi connectivity index (χ3v) is 5.63. The molecular formula is C25H27N7O5. The van der Waals surface area contributed by atoms with E-state index in [9.17, 15) is 14.4 Å². The number of ether oxygens (including phenoxy) is 2. The minimum Gasteiger partial charge on any atom is -0.494 e. The van der Waals surface area contributed by atoms with Crippen LogP contribution >= 0.6 is 0 Å². The fourth-order valence-electron chi connectivity index (χ4n) is 3.80. The van der Waals surface area contributed by atoms with E-state index in [2.05, 4.69) is 20.7 Å². The number of aryl methyl sites for hydroxylation is 2. The maximum Gasteiger partial charge on any atom is 0.407 e. The van der Waals surface area contributed by atoms with Gasteiger partial charge in [-0.05, 0) is 30.2 Å². The second-order valence-electron chi connectivity index (χ2n) is 8.13. The molecule has 0 aliphatic carbocycles. The lowest BCUT2D eigenvalue weighted by Gasteiger charge is -2.13. The number of carbonyl (C=O) groups is 3. The van der Waals surface area contributed by atoms with E-state index in [0.717, 1.165) is 5.56 Å². The van der Waals surface area contributed by atoms with Crippen LogP contribution in [0.4, 0.5) is 10.7 Å². The number of carbonyl (C=O) groups excluding carboxylic acids is 3. The Morgan fingerprint density at radius 1 is 1.11 bits per heavy atom. The lowest BCUT2D eigenvalue weighted by molar-refractivity contribution is 0.0996. The second kappa shape index (κ2) is 11.2. The lowest BCUT2D eigenvalue weighted by atomic mass is 10.1. The van der Waals surface area contributed by atoms with E-state index in [-0.39, 0.29) is 18.1 Å². The quantitative estimate of drug-likeness (QED) is 0.280. The molecule has 2 aromatic heterocycles. The Hall–Kier alpha value is -4.87. The molecule has 192 valence electrons. The predicted molar refractivity (Wildman–Crippen MR) is 135 cm³/mol. The molecular weight excluding hydrogens is 478 g/mol. The zero-order valence-corrected chi connectivity index (χ0v) is 20.4. The summed E-state index contributed by atoms with van der Waals surface area (Å²) in [4.78, 5) is 41.3. The van der Waals surface area contributed by atoms with Crippen LogP contribution in [0.1, 0.15) is 32.8 Å². The van der Waals surface area contributed by atoms with Crippen molar-refractivity contribution in [3.05, 3.63) is 71.5 Å². The summed E-state index contributed by atoms with van der Waals surface area (Å²) in [6.45, 7) is 0.843. The Morgan fingerprint density at radius 2 is 1.89 bits per heavy atom. The zero-order valence-electron chi connectivity index (χ0n) is 20.4. The molecule has 2 heterocycles. The maximum atomic E-state index is 12.9. The smallest absolute Gasteiger partial charge is 0.407 e. The Morgan fingerprint density at radius 3 is 2.57 bits per heavy atom. The van der Waals surface area contributed by atoms with Gasteiger partial charge in [-0.2, -0.15) is 5.10 Å². The summed E-state index contributed by atoms with van der Waals surface area (Å²) in [6, 6.07) is 14.0. The number of nitrogens with one attached hydrogen (secondary N) is 2. The SMILES string of the molecule is COc1cc(C(N)=O)cc2nc(NC(=O)c3ccnn3C)n(CCCNC(=O)OCc3ccccc3)c12. The lowest BCUT2D eigenvalue weighted by Crippen LogP contribution is -2.26. The highest BCUT2D eigenvalue weighted by atomic mass is 16.5. The Labute approximate surface area is 212 Å². The second-order valence-corrected chi connectivity index (χ2v) is 8.13. The molecule has 0 radical (unpaired) electrons. The van der Waals surface area contributed by atoms with Crippen LogP contribution in [0.3, 0.4) is 0 Å². The van der Waals surface area contributed by atoms with E-state index < -0.39 is 17.9 Å². The molecule has 0 unspecified atom stereocenters. The first kappa shape index (κ1) is 25.2. The van der Waals surface area contributed by atoms with Crippen LogP contribution in [0.25, 0.3) is 11.0 Å². The number of hydrogen-bond donors (Lipinski definition) is 3. The highest BCUT2D eigenvalue weighted by Crippen LogP contribution is 2.31. The van der Waals surface area contributed by atoms with Gasteiger partial charge in [0.25, 0.3) is 5.91 Å². The van der Waals surface area contributed by atoms with E-state index >= 15 is 0 Å². The van der Waals surface area contributed by atoms with E-state index in [4.69, 9.17) is 15.2 Å². The number of methoxy groups -OCH3 is 1. The number of amides is 3. The standard InChI is InChI=1S/C25H27N7O5/c1-31-19(9-11-28-31)23(34)30-24-29-18-13-17(22(26)33)14-20(36-2)21(18)32(24)12-6-10-27-25(35)37-15-16-7-4-3-5-8-16/h3-5,7-9,11,13-14H,6,10,12,15H2,1-2H3,(H2,26,33)(H,27,35)(H,29,30,34). The first-order valence-electron chi connectivity index (χ1n) is 11.5. The molecule has 0 saturated carbocycles. The van der Waals surface area contributed by atoms with Gasteiger partial charge in [0.05, 0.1) is 12.6 Å². The van der Waals surface area contributed by atoms with Gasteiger partial charge in [-0.1, -0.05) is 30.3 Å². The fourth-order valence-corrected chi connectivity index (χ4v) is 3.80. The number of fused-ring (bicyclic) bond motifs is 1. The van der Waals surface area contributed by atoms with Gasteiger partial charge in [0, 0.05) is 31.9 Å². The number of rotatable bonds is 10. The fraction of sp³-hybridized carbons (Fsp3) is 0.240. The number of benzene rings is 2. The highest BCUT2D eigenvalue weighted by molar-refractivity contribution is 6.04. The molecule has 0 aliphatic heterocycles. The molecule has 3 amide bonds. The Kier molecular flexibility index (Phi) is 7.67. The van der Waals surface area contributed by atoms with Crippen LogP contribution in [0.2, 0.25) is 0 Å². The molecule has 0 spiro atoms. The Balaban J connectivity index is 1.51. The summed E-state index contributed by atoms with van der Waals surface area (Å²) in [5.41, 5.74) is 7.90. The molecule has 0 saturated heterocycles. The molecule has 12 nitrogen and oxygen atoms in total. The third-order valence-electron chi connectivity index (χ3n) is 5.63. The summed E-state index contributed by atoms with van der Waals surface area (Å²) in [7, 11) is 3.12. The predicted octanol–water partition coefficient (Wildman–Crippen LogP) is 2.45. The van der Waals surface area contributed by atoms with Crippen LogP contribution < -0.4 is 21.1 Å². The van der Waals surface area contributed by atoms with Crippen molar-refractivity contribution in [3.8, 4) is 5.75 Å². The molecule has 37 heavy (non-hydrogen) atoms. The van der Waals surface area contributed by atoms with Crippen molar-refractivity contribution in [1.29, 1.82) is 0 Å². The van der Waals surface area contributed by atoms with Crippen molar-refractivity contribution in [1.82, 2.24) is 24.6 Å². The largest absolute Gasteiger partial charge is 0.494 e. The van der Waals surface area contributed by atoms with Gasteiger partial charge in [-0.25, -0.2) is 9.78 Å². The van der Waals surface area contributed by atoms with E-state index in [1.807, 2.05) is 30.3 Å². The van der Waals surface area contributed by atoms with Crippen molar-refractivity contribution in [2.75, 3.05) is 19.0 Å². The summed E-state index contributed by atoms with van der Waals surface area (Å²) in [6.07, 6.45) is 1.47. The van der Waals surface area contributed by atoms with Crippen LogP contribution in [-0.4, -0.2) is 50.9 Å². The van der Waals surface area contributed by atoms with Crippen molar-refractivity contribution < 1.29 is 23.9 Å². The molecule has 0 aliphatic rings. The minimum absolute atomic E-state index is 0.169. The van der Waals surface area contributed by atoms with Crippen LogP contribution in [0, 0.1) is 0 Å². The molecule has 0 bridgehead atoms. The summed E-state index contributed by atoms with van der Waals surface area (Å²) < 4.78 is 13.9. The zero-order chi connectivity index (χ0) is 26.4. The third kappa shape index (κ3) is 5.86. The van der Waals surface area contributed by atoms with Crippen molar-refractivity contribution in [3.63, 3.8) is 0 Å². The van der Waals surface area contributed by atoms with E-state index in [0.29, 0.717) is 42.0 Å². The van der Waals surface area contributed by atoms with Crippen LogP contribution in [0.15, 0.2) is 54.7 Å². The number of nitrogens with two attached hydrogens (primary N) is 1. The number of nitrogens with zero attached hydrogens (tertiary/aromatic N) is 4. The van der Waals surface area contributed by atoms with Crippen molar-refractivity contribution in [2.24, 2.45) is 12.8 Å². The summed E-state index contributed by atoms with van der Waals surface area (Å²) in [5, 5.41) is 9.54. The van der Waals surface area contributed by atoms with Gasteiger partial charge >= 0.3 is 6.09 Å². The van der Waals surface area contributed by atoms with Crippen LogP contribution in [-0.2, 0) is 24.9 Å². The van der Waals surface area contributed by atoms with Gasteiger partial charge in [-0.15, -0.1) is 0 Å². The molecule has 4 aromatic rings. The molecule has 2 aromatic carbocycles. The average Bonchev–Trinajstić information content (AvgIpc) is 3.48. The molecule has 0 atom stereocenters. The van der Waals surface area contributed by atoms with Gasteiger partial charge in [0.2, 0.25) is 11.9 Å². The number of aromatic nitrogens is 4. The normalized spacial score (nSPS) is 10.8. The van der Waals surface area contributed by atoms with Gasteiger partial charge in [0.1, 0.15) is 23.6 Å². The Bertz CT molecular complexity index is 1430. The monoisotopic (exact) mass is 505 g/mol. The minimum atomic E-state index is -0.631. The number of anilines is 1. The summed E-state index contributed by atoms with van der Waals surface area (Å²) in [5.74, 6) is -0.426. The first-order valence-corrected chi connectivity index (χ1v) is 11.5. The number of primary amides is 1. The maximum absolute atomic E-state index is 12.9. The highest BCUT2D eigenvalue weighted by Gasteiger charge is 2.20. The topological polar surface area (TPSA) is 155 Å². The van der Waals surface area contributed by atoms with Crippen molar-refractivity contribution >= 4 is 34.9 Å². The molecule has 4 rings (SSSR count). The van der Waals surface area contributed by atoms with E-state index in [1.54, 1.807) is 17.7 Å². The van der Waals surface area contributed by atoms with Gasteiger partial charge < -0.3 is 25.1 Å². The van der Waals surface area contributed by atoms with Crippen LogP contribution in [0.5, 0.6) is 5.75 Å². The molecule has 4 N–H and O–H groups in total. The summed E-state index contributed by atoms with van der Waals surface area (Å²) >= 11 is 0. The molecule has 0 fully saturated rings.